The van der Waals surface area contributed by atoms with Crippen LogP contribution in [-0.4, -0.2) is 18.2 Å². The minimum absolute atomic E-state index is 0.0399. The Morgan fingerprint density at radius 1 is 1.17 bits per heavy atom. The fourth-order valence-electron chi connectivity index (χ4n) is 2.91. The quantitative estimate of drug-likeness (QED) is 0.533. The molecule has 1 heterocycles. The largest absolute Gasteiger partial charge is 0.322 e. The summed E-state index contributed by atoms with van der Waals surface area (Å²) < 4.78 is 0. The molecular weight excluding hydrogens is 286 g/mol. The van der Waals surface area contributed by atoms with Gasteiger partial charge in [-0.3, -0.25) is 10.2 Å². The van der Waals surface area contributed by atoms with Crippen molar-refractivity contribution in [2.45, 2.75) is 26.7 Å². The maximum absolute atomic E-state index is 12.1. The Morgan fingerprint density at radius 2 is 2.00 bits per heavy atom. The number of fused-ring (bicyclic) bond motifs is 1. The van der Waals surface area contributed by atoms with Crippen molar-refractivity contribution in [1.29, 1.82) is 0 Å². The molecule has 0 fully saturated rings. The molecule has 118 valence electrons. The average molecular weight is 307 g/mol. The van der Waals surface area contributed by atoms with Gasteiger partial charge < -0.3 is 4.90 Å². The number of anilines is 2. The summed E-state index contributed by atoms with van der Waals surface area (Å²) in [5.74, 6) is 0.417. The second kappa shape index (κ2) is 6.65. The first kappa shape index (κ1) is 15.3. The molecule has 0 unspecified atom stereocenters. The van der Waals surface area contributed by atoms with Gasteiger partial charge in [0.2, 0.25) is 0 Å². The number of hydrogen-bond acceptors (Lipinski definition) is 3. The van der Waals surface area contributed by atoms with E-state index in [0.717, 1.165) is 36.3 Å². The predicted molar refractivity (Wildman–Crippen MR) is 95.0 cm³/mol. The molecule has 0 radical (unpaired) electrons. The highest BCUT2D eigenvalue weighted by molar-refractivity contribution is 6.43. The van der Waals surface area contributed by atoms with Crippen molar-refractivity contribution in [2.75, 3.05) is 16.9 Å². The van der Waals surface area contributed by atoms with Gasteiger partial charge in [-0.25, -0.2) is 0 Å². The summed E-state index contributed by atoms with van der Waals surface area (Å²) in [5.41, 5.74) is 7.40. The van der Waals surface area contributed by atoms with Crippen LogP contribution in [0.3, 0.4) is 0 Å². The van der Waals surface area contributed by atoms with Crippen LogP contribution in [0.1, 0.15) is 24.5 Å². The Bertz CT molecular complexity index is 752. The number of Topliss-reactive ketones (excluding diaryl/α,β-unsaturated/α-hetero) is 1. The molecule has 0 saturated heterocycles. The van der Waals surface area contributed by atoms with E-state index in [1.54, 1.807) is 6.92 Å². The topological polar surface area (TPSA) is 44.7 Å². The second-order valence-electron chi connectivity index (χ2n) is 5.86. The van der Waals surface area contributed by atoms with E-state index in [2.05, 4.69) is 22.7 Å². The number of nitrogens with zero attached hydrogens (tertiary/aromatic N) is 2. The van der Waals surface area contributed by atoms with Gasteiger partial charge in [-0.15, -0.1) is 0 Å². The molecule has 4 heteroatoms. The van der Waals surface area contributed by atoms with Crippen LogP contribution in [0, 0.1) is 6.92 Å². The molecule has 0 aromatic heterocycles. The molecule has 0 amide bonds. The Kier molecular flexibility index (Phi) is 4.42. The molecule has 23 heavy (non-hydrogen) atoms. The molecule has 0 bridgehead atoms. The van der Waals surface area contributed by atoms with Crippen LogP contribution in [0.15, 0.2) is 53.6 Å². The fraction of sp³-hybridized carbons (Fsp3) is 0.263. The van der Waals surface area contributed by atoms with E-state index in [-0.39, 0.29) is 5.78 Å². The van der Waals surface area contributed by atoms with Gasteiger partial charge in [-0.2, -0.15) is 5.10 Å². The number of rotatable bonds is 3. The molecule has 1 aliphatic rings. The minimum Gasteiger partial charge on any atom is -0.322 e. The summed E-state index contributed by atoms with van der Waals surface area (Å²) in [6.07, 6.45) is 2.07. The smallest absolute Gasteiger partial charge is 0.197 e. The Morgan fingerprint density at radius 3 is 2.78 bits per heavy atom. The number of nitrogens with one attached hydrogen (secondary N) is 1. The van der Waals surface area contributed by atoms with Crippen LogP contribution in [0.2, 0.25) is 0 Å². The third kappa shape index (κ3) is 3.42. The van der Waals surface area contributed by atoms with Gasteiger partial charge in [0, 0.05) is 19.2 Å². The molecule has 3 rings (SSSR count). The number of ketones is 1. The van der Waals surface area contributed by atoms with Gasteiger partial charge in [0.1, 0.15) is 0 Å². The summed E-state index contributed by atoms with van der Waals surface area (Å²) in [7, 11) is 0. The SMILES string of the molecule is CC(=O)/C(=N\Nc1cccc(C)c1)N1CCCc2ccccc21. The molecule has 1 aliphatic heterocycles. The number of para-hydroxylation sites is 1. The normalized spacial score (nSPS) is 14.3. The fourth-order valence-corrected chi connectivity index (χ4v) is 2.91. The van der Waals surface area contributed by atoms with E-state index in [0.29, 0.717) is 5.84 Å². The van der Waals surface area contributed by atoms with E-state index in [1.165, 1.54) is 5.56 Å². The number of hydrazone groups is 1. The van der Waals surface area contributed by atoms with Gasteiger partial charge in [0.15, 0.2) is 11.6 Å². The Labute approximate surface area is 136 Å². The first-order valence-corrected chi connectivity index (χ1v) is 7.92. The van der Waals surface area contributed by atoms with Gasteiger partial charge >= 0.3 is 0 Å². The number of carbonyl (C=O) groups is 1. The van der Waals surface area contributed by atoms with Crippen molar-refractivity contribution in [1.82, 2.24) is 0 Å². The standard InChI is InChI=1S/C19H21N3O/c1-14-7-5-10-17(13-14)20-21-19(15(2)23)22-12-6-9-16-8-3-4-11-18(16)22/h3-5,7-8,10-11,13,20H,6,9,12H2,1-2H3/b21-19+. The molecule has 0 saturated carbocycles. The maximum atomic E-state index is 12.1. The van der Waals surface area contributed by atoms with E-state index in [9.17, 15) is 4.79 Å². The Hall–Kier alpha value is -2.62. The number of amidine groups is 1. The molecule has 0 aliphatic carbocycles. The van der Waals surface area contributed by atoms with E-state index >= 15 is 0 Å². The molecule has 0 spiro atoms. The number of aryl methyl sites for hydroxylation is 2. The van der Waals surface area contributed by atoms with Crippen molar-refractivity contribution in [3.63, 3.8) is 0 Å². The minimum atomic E-state index is -0.0399. The second-order valence-corrected chi connectivity index (χ2v) is 5.86. The van der Waals surface area contributed by atoms with Crippen LogP contribution in [0.5, 0.6) is 0 Å². The van der Waals surface area contributed by atoms with Crippen molar-refractivity contribution in [3.05, 3.63) is 59.7 Å². The third-order valence-corrected chi connectivity index (χ3v) is 3.99. The molecule has 1 N–H and O–H groups in total. The van der Waals surface area contributed by atoms with Crippen LogP contribution in [-0.2, 0) is 11.2 Å². The molecule has 0 atom stereocenters. The zero-order valence-electron chi connectivity index (χ0n) is 13.5. The summed E-state index contributed by atoms with van der Waals surface area (Å²) in [6, 6.07) is 16.2. The summed E-state index contributed by atoms with van der Waals surface area (Å²) in [5, 5.41) is 4.40. The first-order chi connectivity index (χ1) is 11.1. The number of carbonyl (C=O) groups excluding carboxylic acids is 1. The summed E-state index contributed by atoms with van der Waals surface area (Å²) in [6.45, 7) is 4.40. The molecule has 2 aromatic rings. The molecular formula is C19H21N3O. The van der Waals surface area contributed by atoms with Gasteiger partial charge in [-0.1, -0.05) is 30.3 Å². The predicted octanol–water partition coefficient (Wildman–Crippen LogP) is 3.76. The highest BCUT2D eigenvalue weighted by Crippen LogP contribution is 2.27. The van der Waals surface area contributed by atoms with Crippen molar-refractivity contribution in [3.8, 4) is 0 Å². The Balaban J connectivity index is 1.91. The van der Waals surface area contributed by atoms with Crippen LogP contribution in [0.25, 0.3) is 0 Å². The highest BCUT2D eigenvalue weighted by Gasteiger charge is 2.23. The average Bonchev–Trinajstić information content (AvgIpc) is 2.55. The highest BCUT2D eigenvalue weighted by atomic mass is 16.1. The molecule has 4 nitrogen and oxygen atoms in total. The number of hydrogen-bond donors (Lipinski definition) is 1. The van der Waals surface area contributed by atoms with Crippen molar-refractivity contribution in [2.24, 2.45) is 5.10 Å². The summed E-state index contributed by atoms with van der Waals surface area (Å²) >= 11 is 0. The number of benzene rings is 2. The first-order valence-electron chi connectivity index (χ1n) is 7.92. The lowest BCUT2D eigenvalue weighted by Crippen LogP contribution is -2.39. The van der Waals surface area contributed by atoms with E-state index in [4.69, 9.17) is 0 Å². The van der Waals surface area contributed by atoms with Crippen LogP contribution < -0.4 is 10.3 Å². The lowest BCUT2D eigenvalue weighted by atomic mass is 10.0. The molecule has 2 aromatic carbocycles. The monoisotopic (exact) mass is 307 g/mol. The lowest BCUT2D eigenvalue weighted by Gasteiger charge is -2.30. The van der Waals surface area contributed by atoms with Crippen LogP contribution >= 0.6 is 0 Å². The van der Waals surface area contributed by atoms with Crippen molar-refractivity contribution < 1.29 is 4.79 Å². The van der Waals surface area contributed by atoms with E-state index < -0.39 is 0 Å². The zero-order chi connectivity index (χ0) is 16.2. The lowest BCUT2D eigenvalue weighted by molar-refractivity contribution is -0.111. The van der Waals surface area contributed by atoms with E-state index in [1.807, 2.05) is 48.2 Å². The van der Waals surface area contributed by atoms with Gasteiger partial charge in [0.25, 0.3) is 0 Å². The van der Waals surface area contributed by atoms with Gasteiger partial charge in [-0.05, 0) is 49.1 Å². The summed E-state index contributed by atoms with van der Waals surface area (Å²) in [4.78, 5) is 14.1. The third-order valence-electron chi connectivity index (χ3n) is 3.99. The van der Waals surface area contributed by atoms with Gasteiger partial charge in [0.05, 0.1) is 5.69 Å². The maximum Gasteiger partial charge on any atom is 0.197 e. The zero-order valence-corrected chi connectivity index (χ0v) is 13.5. The van der Waals surface area contributed by atoms with Crippen molar-refractivity contribution >= 4 is 23.0 Å². The van der Waals surface area contributed by atoms with Crippen LogP contribution in [0.4, 0.5) is 11.4 Å².